The van der Waals surface area contributed by atoms with Crippen LogP contribution in [0.4, 0.5) is 23.4 Å². The van der Waals surface area contributed by atoms with Gasteiger partial charge in [0.25, 0.3) is 5.91 Å². The molecule has 0 bridgehead atoms. The van der Waals surface area contributed by atoms with Gasteiger partial charge in [-0.25, -0.2) is 13.8 Å². The summed E-state index contributed by atoms with van der Waals surface area (Å²) in [7, 11) is 0. The Balaban J connectivity index is 1.48. The van der Waals surface area contributed by atoms with Crippen LogP contribution in [0.3, 0.4) is 0 Å². The molecule has 2 aromatic rings. The summed E-state index contributed by atoms with van der Waals surface area (Å²) in [4.78, 5) is 35.1. The zero-order valence-electron chi connectivity index (χ0n) is 17.9. The number of pyridine rings is 2. The van der Waals surface area contributed by atoms with Crippen LogP contribution in [-0.2, 0) is 11.3 Å². The van der Waals surface area contributed by atoms with Gasteiger partial charge in [0, 0.05) is 23.2 Å². The Morgan fingerprint density at radius 2 is 2.06 bits per heavy atom. The lowest BCUT2D eigenvalue weighted by Crippen LogP contribution is -2.34. The molecule has 3 heterocycles. The molecule has 1 N–H and O–H groups in total. The van der Waals surface area contributed by atoms with Crippen molar-refractivity contribution in [3.8, 4) is 5.75 Å². The summed E-state index contributed by atoms with van der Waals surface area (Å²) in [6, 6.07) is 2.66. The van der Waals surface area contributed by atoms with Crippen LogP contribution in [-0.4, -0.2) is 45.6 Å². The van der Waals surface area contributed by atoms with Crippen LogP contribution < -0.4 is 10.1 Å². The van der Waals surface area contributed by atoms with Crippen LogP contribution in [0.5, 0.6) is 5.75 Å². The second-order valence-electron chi connectivity index (χ2n) is 8.28. The molecule has 1 aliphatic carbocycles. The summed E-state index contributed by atoms with van der Waals surface area (Å²) in [6.45, 7) is 2.07. The molecular formula is C22H22F4N4O3. The number of carbonyl (C=O) groups is 2. The summed E-state index contributed by atoms with van der Waals surface area (Å²) in [5.74, 6) is -4.33. The monoisotopic (exact) mass is 466 g/mol. The molecule has 1 aliphatic heterocycles. The number of rotatable bonds is 8. The Morgan fingerprint density at radius 1 is 1.33 bits per heavy atom. The molecule has 176 valence electrons. The number of alkyl halides is 4. The van der Waals surface area contributed by atoms with Crippen molar-refractivity contribution in [2.45, 2.75) is 51.6 Å². The van der Waals surface area contributed by atoms with E-state index >= 15 is 0 Å². The van der Waals surface area contributed by atoms with Crippen molar-refractivity contribution in [1.29, 1.82) is 0 Å². The number of nitrogens with one attached hydrogen (secondary N) is 1. The Bertz CT molecular complexity index is 1090. The van der Waals surface area contributed by atoms with Gasteiger partial charge in [-0.1, -0.05) is 0 Å². The van der Waals surface area contributed by atoms with Crippen molar-refractivity contribution in [3.05, 3.63) is 46.9 Å². The van der Waals surface area contributed by atoms with E-state index in [0.717, 1.165) is 12.8 Å². The fourth-order valence-corrected chi connectivity index (χ4v) is 3.58. The number of nitrogens with zero attached hydrogens (tertiary/aromatic N) is 3. The van der Waals surface area contributed by atoms with E-state index in [4.69, 9.17) is 4.74 Å². The van der Waals surface area contributed by atoms with E-state index in [2.05, 4.69) is 15.3 Å². The molecule has 0 saturated heterocycles. The van der Waals surface area contributed by atoms with Crippen molar-refractivity contribution in [1.82, 2.24) is 14.9 Å². The van der Waals surface area contributed by atoms with E-state index in [1.807, 2.05) is 0 Å². The second-order valence-corrected chi connectivity index (χ2v) is 8.28. The standard InChI is InChI=1S/C22H22F4N4O3/c1-11-7-16(28-8-17(11)33-10-22(25,26)21(23)24)12(2)30-9-15-14(20(30)32)5-6-27-18(15)29-19(31)13-3-4-13/h5-8,12-13,21H,3-4,9-10H2,1-2H3,(H,27,29,31). The van der Waals surface area contributed by atoms with E-state index in [1.54, 1.807) is 30.9 Å². The van der Waals surface area contributed by atoms with Gasteiger partial charge in [0.15, 0.2) is 6.61 Å². The minimum Gasteiger partial charge on any atom is -0.485 e. The number of aromatic nitrogens is 2. The first-order valence-corrected chi connectivity index (χ1v) is 10.4. The summed E-state index contributed by atoms with van der Waals surface area (Å²) in [6.07, 6.45) is 0.499. The minimum atomic E-state index is -4.27. The summed E-state index contributed by atoms with van der Waals surface area (Å²) < 4.78 is 55.8. The lowest BCUT2D eigenvalue weighted by molar-refractivity contribution is -0.148. The van der Waals surface area contributed by atoms with Gasteiger partial charge in [-0.15, -0.1) is 0 Å². The first kappa shape index (κ1) is 22.9. The number of hydrogen-bond acceptors (Lipinski definition) is 5. The average molecular weight is 466 g/mol. The van der Waals surface area contributed by atoms with E-state index < -0.39 is 25.0 Å². The van der Waals surface area contributed by atoms with Gasteiger partial charge in [-0.2, -0.15) is 8.78 Å². The van der Waals surface area contributed by atoms with E-state index in [1.165, 1.54) is 12.4 Å². The largest absolute Gasteiger partial charge is 0.485 e. The molecule has 11 heteroatoms. The van der Waals surface area contributed by atoms with Gasteiger partial charge in [-0.3, -0.25) is 14.6 Å². The van der Waals surface area contributed by atoms with E-state index in [-0.39, 0.29) is 30.0 Å². The molecule has 1 saturated carbocycles. The average Bonchev–Trinajstić information content (AvgIpc) is 3.57. The van der Waals surface area contributed by atoms with Crippen molar-refractivity contribution in [2.24, 2.45) is 5.92 Å². The third-order valence-corrected chi connectivity index (χ3v) is 5.78. The maximum absolute atomic E-state index is 13.1. The Morgan fingerprint density at radius 3 is 2.70 bits per heavy atom. The summed E-state index contributed by atoms with van der Waals surface area (Å²) in [5, 5.41) is 2.80. The first-order chi connectivity index (χ1) is 15.6. The molecule has 4 rings (SSSR count). The van der Waals surface area contributed by atoms with Gasteiger partial charge < -0.3 is 15.0 Å². The van der Waals surface area contributed by atoms with Gasteiger partial charge in [0.2, 0.25) is 5.91 Å². The Kier molecular flexibility index (Phi) is 5.98. The molecule has 0 radical (unpaired) electrons. The highest BCUT2D eigenvalue weighted by molar-refractivity contribution is 6.02. The van der Waals surface area contributed by atoms with Crippen LogP contribution >= 0.6 is 0 Å². The topological polar surface area (TPSA) is 84.4 Å². The molecule has 2 amide bonds. The summed E-state index contributed by atoms with van der Waals surface area (Å²) in [5.41, 5.74) is 1.95. The fourth-order valence-electron chi connectivity index (χ4n) is 3.58. The van der Waals surface area contributed by atoms with Crippen LogP contribution in [0.2, 0.25) is 0 Å². The highest BCUT2D eigenvalue weighted by atomic mass is 19.3. The molecule has 1 fully saturated rings. The van der Waals surface area contributed by atoms with Gasteiger partial charge in [0.05, 0.1) is 24.5 Å². The second kappa shape index (κ2) is 8.60. The molecular weight excluding hydrogens is 444 g/mol. The number of halogens is 4. The molecule has 0 aromatic carbocycles. The van der Waals surface area contributed by atoms with Crippen LogP contribution in [0.25, 0.3) is 0 Å². The first-order valence-electron chi connectivity index (χ1n) is 10.4. The zero-order chi connectivity index (χ0) is 23.9. The lowest BCUT2D eigenvalue weighted by Gasteiger charge is -2.24. The van der Waals surface area contributed by atoms with Crippen LogP contribution in [0, 0.1) is 12.8 Å². The van der Waals surface area contributed by atoms with E-state index in [9.17, 15) is 27.2 Å². The quantitative estimate of drug-likeness (QED) is 0.592. The SMILES string of the molecule is Cc1cc(C(C)N2Cc3c(ccnc3NC(=O)C3CC3)C2=O)ncc1OCC(F)(F)C(F)F. The lowest BCUT2D eigenvalue weighted by atomic mass is 10.1. The minimum absolute atomic E-state index is 0.0108. The number of amides is 2. The number of hydrogen-bond donors (Lipinski definition) is 1. The third kappa shape index (κ3) is 4.62. The van der Waals surface area contributed by atoms with Crippen molar-refractivity contribution >= 4 is 17.6 Å². The highest BCUT2D eigenvalue weighted by Crippen LogP contribution is 2.36. The zero-order valence-corrected chi connectivity index (χ0v) is 17.9. The van der Waals surface area contributed by atoms with Crippen molar-refractivity contribution < 1.29 is 31.9 Å². The number of anilines is 1. The molecule has 7 nitrogen and oxygen atoms in total. The highest BCUT2D eigenvalue weighted by Gasteiger charge is 2.42. The van der Waals surface area contributed by atoms with Crippen LogP contribution in [0.1, 0.15) is 53.0 Å². The van der Waals surface area contributed by atoms with Crippen LogP contribution in [0.15, 0.2) is 24.5 Å². The molecule has 33 heavy (non-hydrogen) atoms. The molecule has 0 spiro atoms. The maximum atomic E-state index is 13.1. The number of ether oxygens (including phenoxy) is 1. The van der Waals surface area contributed by atoms with Gasteiger partial charge in [0.1, 0.15) is 11.6 Å². The molecule has 1 atom stereocenters. The smallest absolute Gasteiger partial charge is 0.340 e. The maximum Gasteiger partial charge on any atom is 0.340 e. The van der Waals surface area contributed by atoms with Crippen molar-refractivity contribution in [3.63, 3.8) is 0 Å². The normalized spacial score (nSPS) is 16.7. The summed E-state index contributed by atoms with van der Waals surface area (Å²) >= 11 is 0. The predicted molar refractivity (Wildman–Crippen MR) is 109 cm³/mol. The van der Waals surface area contributed by atoms with Crippen molar-refractivity contribution in [2.75, 3.05) is 11.9 Å². The number of aryl methyl sites for hydroxylation is 1. The Hall–Kier alpha value is -3.24. The molecule has 2 aromatic heterocycles. The molecule has 1 unspecified atom stereocenters. The molecule has 2 aliphatic rings. The van der Waals surface area contributed by atoms with Gasteiger partial charge >= 0.3 is 12.3 Å². The third-order valence-electron chi connectivity index (χ3n) is 5.78. The van der Waals surface area contributed by atoms with Gasteiger partial charge in [-0.05, 0) is 44.4 Å². The number of fused-ring (bicyclic) bond motifs is 1. The Labute approximate surface area is 187 Å². The van der Waals surface area contributed by atoms with E-state index in [0.29, 0.717) is 28.2 Å². The number of carbonyl (C=O) groups excluding carboxylic acids is 2. The fraction of sp³-hybridized carbons (Fsp3) is 0.455. The predicted octanol–water partition coefficient (Wildman–Crippen LogP) is 4.13.